The highest BCUT2D eigenvalue weighted by Gasteiger charge is 2.07. The van der Waals surface area contributed by atoms with Crippen LogP contribution in [0.15, 0.2) is 30.5 Å². The van der Waals surface area contributed by atoms with E-state index in [1.165, 1.54) is 6.20 Å². The third-order valence-corrected chi connectivity index (χ3v) is 2.32. The molecule has 0 aliphatic heterocycles. The quantitative estimate of drug-likeness (QED) is 0.891. The van der Waals surface area contributed by atoms with E-state index in [4.69, 9.17) is 22.1 Å². The van der Waals surface area contributed by atoms with Gasteiger partial charge in [-0.1, -0.05) is 17.7 Å². The fraction of sp³-hybridized carbons (Fsp3) is 0. The molecule has 0 aliphatic carbocycles. The summed E-state index contributed by atoms with van der Waals surface area (Å²) in [7, 11) is 0. The minimum Gasteiger partial charge on any atom is -0.338 e. The molecule has 0 bridgehead atoms. The van der Waals surface area contributed by atoms with Crippen molar-refractivity contribution in [3.63, 3.8) is 0 Å². The third-order valence-electron chi connectivity index (χ3n) is 2.08. The fourth-order valence-electron chi connectivity index (χ4n) is 1.31. The van der Waals surface area contributed by atoms with Gasteiger partial charge in [-0.25, -0.2) is 9.97 Å². The molecule has 0 atom stereocenters. The Hall–Kier alpha value is -2.63. The van der Waals surface area contributed by atoms with Crippen LogP contribution >= 0.6 is 11.6 Å². The lowest BCUT2D eigenvalue weighted by Crippen LogP contribution is -2.01. The minimum absolute atomic E-state index is 0.119. The van der Waals surface area contributed by atoms with Crippen LogP contribution in [0, 0.1) is 22.7 Å². The maximum absolute atomic E-state index is 8.91. The Labute approximate surface area is 108 Å². The molecule has 0 aliphatic rings. The molecule has 86 valence electrons. The Morgan fingerprint density at radius 3 is 2.72 bits per heavy atom. The molecule has 0 saturated heterocycles. The van der Waals surface area contributed by atoms with Crippen molar-refractivity contribution in [1.29, 1.82) is 10.5 Å². The molecule has 0 unspecified atom stereocenters. The van der Waals surface area contributed by atoms with E-state index in [0.29, 0.717) is 10.7 Å². The van der Waals surface area contributed by atoms with Gasteiger partial charge in [0, 0.05) is 10.7 Å². The smallest absolute Gasteiger partial charge is 0.183 e. The van der Waals surface area contributed by atoms with Crippen molar-refractivity contribution in [1.82, 2.24) is 9.97 Å². The Balaban J connectivity index is 2.40. The van der Waals surface area contributed by atoms with E-state index in [9.17, 15) is 0 Å². The predicted molar refractivity (Wildman–Crippen MR) is 66.2 cm³/mol. The summed E-state index contributed by atoms with van der Waals surface area (Å²) in [4.78, 5) is 7.83. The standard InChI is InChI=1S/C12H6ClN5/c13-8-2-1-3-9(4-8)17-12-11(6-15)16-7-10(5-14)18-12/h1-4,7H,(H,17,18). The van der Waals surface area contributed by atoms with Crippen LogP contribution in [0.4, 0.5) is 11.5 Å². The lowest BCUT2D eigenvalue weighted by Gasteiger charge is -2.06. The van der Waals surface area contributed by atoms with Gasteiger partial charge in [0.1, 0.15) is 12.1 Å². The first-order valence-electron chi connectivity index (χ1n) is 4.93. The first kappa shape index (κ1) is 11.8. The van der Waals surface area contributed by atoms with E-state index in [1.807, 2.05) is 12.1 Å². The number of halogens is 1. The van der Waals surface area contributed by atoms with Crippen LogP contribution in [-0.4, -0.2) is 9.97 Å². The summed E-state index contributed by atoms with van der Waals surface area (Å²) in [6.45, 7) is 0. The van der Waals surface area contributed by atoms with Gasteiger partial charge in [-0.15, -0.1) is 0 Å². The van der Waals surface area contributed by atoms with Crippen LogP contribution < -0.4 is 5.32 Å². The normalized spacial score (nSPS) is 9.28. The Bertz CT molecular complexity index is 669. The van der Waals surface area contributed by atoms with Crippen LogP contribution in [0.3, 0.4) is 0 Å². The maximum Gasteiger partial charge on any atom is 0.183 e. The number of nitrogens with zero attached hydrogens (tertiary/aromatic N) is 4. The number of anilines is 2. The van der Waals surface area contributed by atoms with Gasteiger partial charge < -0.3 is 5.32 Å². The van der Waals surface area contributed by atoms with E-state index in [2.05, 4.69) is 15.3 Å². The number of benzene rings is 1. The van der Waals surface area contributed by atoms with Gasteiger partial charge in [0.05, 0.1) is 6.20 Å². The molecule has 2 aromatic rings. The maximum atomic E-state index is 8.91. The summed E-state index contributed by atoms with van der Waals surface area (Å²) in [6, 6.07) is 10.7. The number of aromatic nitrogens is 2. The average Bonchev–Trinajstić information content (AvgIpc) is 2.38. The van der Waals surface area contributed by atoms with Crippen LogP contribution in [0.25, 0.3) is 0 Å². The lowest BCUT2D eigenvalue weighted by atomic mass is 10.3. The second-order valence-electron chi connectivity index (χ2n) is 3.31. The third kappa shape index (κ3) is 2.54. The topological polar surface area (TPSA) is 85.4 Å². The average molecular weight is 256 g/mol. The van der Waals surface area contributed by atoms with Crippen LogP contribution in [0.1, 0.15) is 11.4 Å². The molecule has 0 amide bonds. The number of rotatable bonds is 2. The summed E-state index contributed by atoms with van der Waals surface area (Å²) >= 11 is 5.85. The molecule has 0 spiro atoms. The number of nitriles is 2. The first-order valence-corrected chi connectivity index (χ1v) is 5.30. The molecule has 1 aromatic heterocycles. The zero-order valence-corrected chi connectivity index (χ0v) is 9.81. The molecule has 1 aromatic carbocycles. The molecule has 1 N–H and O–H groups in total. The minimum atomic E-state index is 0.119. The molecular formula is C12H6ClN5. The van der Waals surface area contributed by atoms with E-state index in [0.717, 1.165) is 0 Å². The molecule has 18 heavy (non-hydrogen) atoms. The zero-order valence-electron chi connectivity index (χ0n) is 9.05. The molecule has 5 nitrogen and oxygen atoms in total. The number of hydrogen-bond acceptors (Lipinski definition) is 5. The highest BCUT2D eigenvalue weighted by atomic mass is 35.5. The monoisotopic (exact) mass is 255 g/mol. The van der Waals surface area contributed by atoms with Crippen LogP contribution in [-0.2, 0) is 0 Å². The fourth-order valence-corrected chi connectivity index (χ4v) is 1.51. The summed E-state index contributed by atoms with van der Waals surface area (Å²) in [5.41, 5.74) is 0.927. The summed E-state index contributed by atoms with van der Waals surface area (Å²) in [5.74, 6) is 0.235. The highest BCUT2D eigenvalue weighted by Crippen LogP contribution is 2.20. The van der Waals surface area contributed by atoms with Gasteiger partial charge in [-0.2, -0.15) is 10.5 Å². The van der Waals surface area contributed by atoms with E-state index < -0.39 is 0 Å². The molecule has 2 rings (SSSR count). The Morgan fingerprint density at radius 1 is 1.22 bits per heavy atom. The van der Waals surface area contributed by atoms with Crippen molar-refractivity contribution in [2.75, 3.05) is 5.32 Å². The highest BCUT2D eigenvalue weighted by molar-refractivity contribution is 6.30. The summed E-state index contributed by atoms with van der Waals surface area (Å²) in [5, 5.41) is 21.1. The molecule has 1 heterocycles. The van der Waals surface area contributed by atoms with Gasteiger partial charge in [0.2, 0.25) is 0 Å². The van der Waals surface area contributed by atoms with Gasteiger partial charge >= 0.3 is 0 Å². The van der Waals surface area contributed by atoms with Crippen molar-refractivity contribution in [2.45, 2.75) is 0 Å². The molecule has 0 radical (unpaired) electrons. The van der Waals surface area contributed by atoms with Gasteiger partial charge in [0.15, 0.2) is 17.2 Å². The van der Waals surface area contributed by atoms with Crippen molar-refractivity contribution in [2.24, 2.45) is 0 Å². The van der Waals surface area contributed by atoms with Crippen LogP contribution in [0.2, 0.25) is 5.02 Å². The van der Waals surface area contributed by atoms with E-state index in [-0.39, 0.29) is 17.2 Å². The zero-order chi connectivity index (χ0) is 13.0. The van der Waals surface area contributed by atoms with Crippen molar-refractivity contribution in [3.8, 4) is 12.1 Å². The number of nitrogens with one attached hydrogen (secondary N) is 1. The molecule has 0 fully saturated rings. The number of hydrogen-bond donors (Lipinski definition) is 1. The van der Waals surface area contributed by atoms with Crippen LogP contribution in [0.5, 0.6) is 0 Å². The van der Waals surface area contributed by atoms with Crippen molar-refractivity contribution >= 4 is 23.1 Å². The van der Waals surface area contributed by atoms with Gasteiger partial charge in [-0.05, 0) is 18.2 Å². The SMILES string of the molecule is N#Cc1cnc(C#N)c(Nc2cccc(Cl)c2)n1. The second-order valence-corrected chi connectivity index (χ2v) is 3.75. The van der Waals surface area contributed by atoms with E-state index >= 15 is 0 Å². The van der Waals surface area contributed by atoms with Crippen molar-refractivity contribution < 1.29 is 0 Å². The van der Waals surface area contributed by atoms with E-state index in [1.54, 1.807) is 24.3 Å². The Kier molecular flexibility index (Phi) is 3.38. The molecule has 6 heteroatoms. The summed E-state index contributed by atoms with van der Waals surface area (Å²) < 4.78 is 0. The largest absolute Gasteiger partial charge is 0.338 e. The van der Waals surface area contributed by atoms with Gasteiger partial charge in [-0.3, -0.25) is 0 Å². The molecule has 0 saturated carbocycles. The van der Waals surface area contributed by atoms with Crippen molar-refractivity contribution in [3.05, 3.63) is 46.9 Å². The summed E-state index contributed by atoms with van der Waals surface area (Å²) in [6.07, 6.45) is 1.25. The van der Waals surface area contributed by atoms with Gasteiger partial charge in [0.25, 0.3) is 0 Å². The Morgan fingerprint density at radius 2 is 2.06 bits per heavy atom. The second kappa shape index (κ2) is 5.13. The first-order chi connectivity index (χ1) is 8.72. The lowest BCUT2D eigenvalue weighted by molar-refractivity contribution is 1.13. The predicted octanol–water partition coefficient (Wildman–Crippen LogP) is 2.62. The molecular weight excluding hydrogens is 250 g/mol.